The first-order valence-electron chi connectivity index (χ1n) is 34.8. The molecule has 0 radical (unpaired) electrons. The molecule has 0 spiro atoms. The summed E-state index contributed by atoms with van der Waals surface area (Å²) in [7, 11) is 0. The van der Waals surface area contributed by atoms with E-state index in [9.17, 15) is 4.11 Å². The lowest BCUT2D eigenvalue weighted by Crippen LogP contribution is -2.60. The summed E-state index contributed by atoms with van der Waals surface area (Å²) in [6, 6.07) is 58.8. The highest BCUT2D eigenvalue weighted by molar-refractivity contribution is 7.33. The van der Waals surface area contributed by atoms with Crippen molar-refractivity contribution in [3.8, 4) is 11.1 Å². The van der Waals surface area contributed by atoms with Gasteiger partial charge in [0.1, 0.15) is 0 Å². The first-order chi connectivity index (χ1) is 42.7. The minimum absolute atomic E-state index is 0.0204. The number of rotatable bonds is 6. The molecule has 1 fully saturated rings. The average molecular weight is 1180 g/mol. The first-order valence-corrected chi connectivity index (χ1v) is 34.1. The lowest BCUT2D eigenvalue weighted by atomic mass is 9.36. The van der Waals surface area contributed by atoms with E-state index in [4.69, 9.17) is 0 Å². The lowest BCUT2D eigenvalue weighted by Gasteiger charge is -2.52. The Balaban J connectivity index is 1.14. The van der Waals surface area contributed by atoms with Crippen molar-refractivity contribution in [1.82, 2.24) is 0 Å². The second-order valence-corrected chi connectivity index (χ2v) is 34.4. The zero-order chi connectivity index (χ0) is 64.3. The highest BCUT2D eigenvalue weighted by atomic mass is 32.1. The Morgan fingerprint density at radius 3 is 1.70 bits per heavy atom. The summed E-state index contributed by atoms with van der Waals surface area (Å²) in [5, 5.41) is 1.34. The number of hydrogen-bond donors (Lipinski definition) is 0. The smallest absolute Gasteiger partial charge is 0.264 e. The monoisotopic (exact) mass is 1180 g/mol. The van der Waals surface area contributed by atoms with Crippen LogP contribution in [0.15, 0.2) is 152 Å². The van der Waals surface area contributed by atoms with E-state index in [1.165, 1.54) is 119 Å². The number of benzene rings is 8. The van der Waals surface area contributed by atoms with Gasteiger partial charge in [0.15, 0.2) is 0 Å². The normalized spacial score (nSPS) is 22.5. The molecule has 3 heterocycles. The molecular formula is C84H93BN2S. The number of aryl methyl sites for hydroxylation is 1. The van der Waals surface area contributed by atoms with E-state index in [0.29, 0.717) is 5.56 Å². The molecule has 0 N–H and O–H groups in total. The third-order valence-corrected chi connectivity index (χ3v) is 24.7. The summed E-state index contributed by atoms with van der Waals surface area (Å²) >= 11 is 2.04. The van der Waals surface area contributed by atoms with Crippen LogP contribution in [-0.4, -0.2) is 6.71 Å². The Morgan fingerprint density at radius 1 is 0.477 bits per heavy atom. The van der Waals surface area contributed by atoms with Gasteiger partial charge in [-0.25, -0.2) is 0 Å². The maximum atomic E-state index is 9.23. The Bertz CT molecular complexity index is 4480. The third-order valence-electron chi connectivity index (χ3n) is 23.5. The number of hydrogen-bond acceptors (Lipinski definition) is 3. The Kier molecular flexibility index (Phi) is 11.9. The van der Waals surface area contributed by atoms with Gasteiger partial charge in [0, 0.05) is 53.2 Å². The van der Waals surface area contributed by atoms with Crippen molar-refractivity contribution in [3.05, 3.63) is 218 Å². The molecule has 7 aliphatic rings. The molecule has 2 aliphatic heterocycles. The van der Waals surface area contributed by atoms with Crippen LogP contribution < -0.4 is 25.5 Å². The predicted octanol–water partition coefficient (Wildman–Crippen LogP) is 21.5. The Labute approximate surface area is 536 Å². The van der Waals surface area contributed by atoms with E-state index in [0.717, 1.165) is 53.7 Å². The van der Waals surface area contributed by atoms with E-state index in [-0.39, 0.29) is 50.0 Å². The number of nitrogens with zero attached hydrogens (tertiary/aromatic N) is 2. The van der Waals surface area contributed by atoms with Crippen LogP contribution in [0.5, 0.6) is 0 Å². The van der Waals surface area contributed by atoms with Crippen LogP contribution in [0, 0.1) is 6.85 Å². The minimum atomic E-state index is -2.36. The molecule has 4 heteroatoms. The van der Waals surface area contributed by atoms with Gasteiger partial charge in [-0.3, -0.25) is 0 Å². The molecule has 16 rings (SSSR count). The third kappa shape index (κ3) is 8.66. The van der Waals surface area contributed by atoms with Crippen LogP contribution >= 0.6 is 11.3 Å². The summed E-state index contributed by atoms with van der Waals surface area (Å²) in [6.07, 6.45) is 9.31. The molecule has 1 saturated carbocycles. The molecule has 9 aromatic rings. The van der Waals surface area contributed by atoms with Crippen molar-refractivity contribution < 1.29 is 4.11 Å². The summed E-state index contributed by atoms with van der Waals surface area (Å²) in [4.78, 5) is 5.44. The van der Waals surface area contributed by atoms with Crippen molar-refractivity contribution in [2.75, 3.05) is 9.80 Å². The van der Waals surface area contributed by atoms with E-state index < -0.39 is 12.8 Å². The standard InChI is InChI=1S/C84H93BN2S/c1-51-23-21-22-26-58(51)71(52-24-19-18-20-25-52)54-45-68-74-69(46-54)87(67-36-34-61-73(82(14,15)40-39-80(61,10)11)72(67)53-27-29-55(30-28-53)77(2,3)4)66-35-31-56(78(5,6)7)47-65(66)85(74)76-75(86(68)57-32-33-60-62(48-57)81(12,13)38-37-79(60,8)9)59-49-63-64(50-70(59)88-76)84(17)43-41-83(63,16)42-44-84/h18-36,45-50,71H,37-44H2,1-17H3/i1D3. The zero-order valence-electron chi connectivity index (χ0n) is 58.5. The maximum absolute atomic E-state index is 9.23. The summed E-state index contributed by atoms with van der Waals surface area (Å²) in [5.41, 5.74) is 27.0. The summed E-state index contributed by atoms with van der Waals surface area (Å²) in [6.45, 7) is 36.5. The van der Waals surface area contributed by atoms with Gasteiger partial charge >= 0.3 is 0 Å². The van der Waals surface area contributed by atoms with Crippen LogP contribution in [0.4, 0.5) is 34.1 Å². The van der Waals surface area contributed by atoms with E-state index in [2.05, 4.69) is 254 Å². The highest BCUT2D eigenvalue weighted by Gasteiger charge is 2.52. The van der Waals surface area contributed by atoms with Gasteiger partial charge in [0.25, 0.3) is 6.71 Å². The molecule has 5 aliphatic carbocycles. The van der Waals surface area contributed by atoms with Crippen LogP contribution in [0.25, 0.3) is 21.2 Å². The van der Waals surface area contributed by atoms with Crippen molar-refractivity contribution in [2.24, 2.45) is 0 Å². The second kappa shape index (κ2) is 19.2. The Morgan fingerprint density at radius 2 is 1.05 bits per heavy atom. The molecule has 1 unspecified atom stereocenters. The van der Waals surface area contributed by atoms with Gasteiger partial charge < -0.3 is 9.80 Å². The molecule has 2 nitrogen and oxygen atoms in total. The number of anilines is 6. The molecule has 0 amide bonds. The quantitative estimate of drug-likeness (QED) is 0.121. The van der Waals surface area contributed by atoms with Crippen molar-refractivity contribution >= 4 is 78.0 Å². The number of fused-ring (bicyclic) bond motifs is 10. The molecular weight excluding hydrogens is 1080 g/mol. The highest BCUT2D eigenvalue weighted by Crippen LogP contribution is 2.61. The predicted molar refractivity (Wildman–Crippen MR) is 381 cm³/mol. The number of thiophene rings is 1. The summed E-state index contributed by atoms with van der Waals surface area (Å²) < 4.78 is 30.5. The van der Waals surface area contributed by atoms with Crippen molar-refractivity contribution in [2.45, 2.75) is 218 Å². The van der Waals surface area contributed by atoms with Gasteiger partial charge in [-0.2, -0.15) is 0 Å². The van der Waals surface area contributed by atoms with Crippen molar-refractivity contribution in [1.29, 1.82) is 0 Å². The molecule has 2 bridgehead atoms. The van der Waals surface area contributed by atoms with Gasteiger partial charge in [0.05, 0.1) is 11.4 Å². The van der Waals surface area contributed by atoms with Crippen LogP contribution in [-0.2, 0) is 43.3 Å². The largest absolute Gasteiger partial charge is 0.311 e. The molecule has 1 atom stereocenters. The molecule has 88 heavy (non-hydrogen) atoms. The van der Waals surface area contributed by atoms with Gasteiger partial charge in [0.2, 0.25) is 0 Å². The van der Waals surface area contributed by atoms with Crippen molar-refractivity contribution in [3.63, 3.8) is 0 Å². The summed E-state index contributed by atoms with van der Waals surface area (Å²) in [5.74, 6) is -0.439. The van der Waals surface area contributed by atoms with Crippen LogP contribution in [0.2, 0.25) is 0 Å². The fourth-order valence-corrected chi connectivity index (χ4v) is 19.0. The van der Waals surface area contributed by atoms with Crippen LogP contribution in [0.1, 0.15) is 239 Å². The lowest BCUT2D eigenvalue weighted by molar-refractivity contribution is 0.188. The van der Waals surface area contributed by atoms with Crippen LogP contribution in [0.3, 0.4) is 0 Å². The first kappa shape index (κ1) is 54.3. The molecule has 1 aromatic heterocycles. The topological polar surface area (TPSA) is 6.48 Å². The van der Waals surface area contributed by atoms with E-state index >= 15 is 0 Å². The van der Waals surface area contributed by atoms with E-state index in [1.54, 1.807) is 11.1 Å². The van der Waals surface area contributed by atoms with Gasteiger partial charge in [-0.15, -0.1) is 11.3 Å². The van der Waals surface area contributed by atoms with E-state index in [1.807, 2.05) is 29.5 Å². The van der Waals surface area contributed by atoms with Gasteiger partial charge in [-0.1, -0.05) is 214 Å². The molecule has 8 aromatic carbocycles. The maximum Gasteiger partial charge on any atom is 0.264 e. The SMILES string of the molecule is [2H]C([2H])([2H])c1ccccc1C(c1ccccc1)c1cc2c3c(c1)N(c1ccc4c(c1)C(C)(C)CCC4(C)C)c1c(sc4cc5c(cc14)C1(C)CCC5(C)CC1)B3c1cc(C(C)(C)C)ccc1N2c1ccc2c(c1-c1ccc(C(C)(C)C)cc1)C(C)(C)CCC2(C)C. The molecule has 0 saturated heterocycles. The fraction of sp³-hybridized carbons (Fsp3) is 0.405. The minimum Gasteiger partial charge on any atom is -0.311 e. The zero-order valence-corrected chi connectivity index (χ0v) is 56.4. The van der Waals surface area contributed by atoms with Gasteiger partial charge in [-0.05, 0) is 233 Å². The Hall–Kier alpha value is -6.62. The molecule has 448 valence electrons. The second-order valence-electron chi connectivity index (χ2n) is 33.3. The average Bonchev–Trinajstić information content (AvgIpc) is 1.67. The fourth-order valence-electron chi connectivity index (χ4n) is 17.6.